The average molecular weight is 251 g/mol. The van der Waals surface area contributed by atoms with Gasteiger partial charge in [0.15, 0.2) is 0 Å². The first-order valence-corrected chi connectivity index (χ1v) is 6.98. The number of hydrogen-bond donors (Lipinski definition) is 0. The number of nitrogens with zero attached hydrogens (tertiary/aromatic N) is 1. The summed E-state index contributed by atoms with van der Waals surface area (Å²) in [6.07, 6.45) is 1.40. The van der Waals surface area contributed by atoms with Crippen molar-refractivity contribution in [3.63, 3.8) is 0 Å². The van der Waals surface area contributed by atoms with Crippen molar-refractivity contribution < 1.29 is 13.5 Å². The van der Waals surface area contributed by atoms with Crippen molar-refractivity contribution >= 4 is 0 Å². The molecule has 6 aliphatic carbocycles. The summed E-state index contributed by atoms with van der Waals surface area (Å²) >= 11 is 0. The highest BCUT2D eigenvalue weighted by Gasteiger charge is 2.97. The molecule has 6 saturated carbocycles. The van der Waals surface area contributed by atoms with Crippen LogP contribution in [0.3, 0.4) is 0 Å². The van der Waals surface area contributed by atoms with Crippen LogP contribution in [0.25, 0.3) is 0 Å². The van der Waals surface area contributed by atoms with E-state index in [0.717, 1.165) is 6.42 Å². The molecule has 0 heterocycles. The Morgan fingerprint density at radius 3 is 2.89 bits per heavy atom. The molecule has 18 heavy (non-hydrogen) atoms. The van der Waals surface area contributed by atoms with Crippen molar-refractivity contribution in [3.05, 3.63) is 0 Å². The van der Waals surface area contributed by atoms with E-state index in [-0.39, 0.29) is 23.2 Å². The quantitative estimate of drug-likeness (QED) is 0.718. The van der Waals surface area contributed by atoms with Crippen molar-refractivity contribution in [1.82, 2.24) is 0 Å². The molecule has 0 amide bonds. The smallest absolute Gasteiger partial charge is 0.255 e. The summed E-state index contributed by atoms with van der Waals surface area (Å²) in [6.45, 7) is 0.889. The van der Waals surface area contributed by atoms with E-state index in [1.807, 2.05) is 6.07 Å². The van der Waals surface area contributed by atoms with E-state index < -0.39 is 5.92 Å². The average Bonchev–Trinajstić information content (AvgIpc) is 2.74. The predicted octanol–water partition coefficient (Wildman–Crippen LogP) is 2.31. The van der Waals surface area contributed by atoms with Gasteiger partial charge in [-0.05, 0) is 36.0 Å². The second-order valence-electron chi connectivity index (χ2n) is 6.94. The van der Waals surface area contributed by atoms with Crippen LogP contribution in [0, 0.1) is 58.2 Å². The summed E-state index contributed by atoms with van der Waals surface area (Å²) in [6, 6.07) is 2.04. The molecule has 0 radical (unpaired) electrons. The van der Waals surface area contributed by atoms with Gasteiger partial charge in [-0.15, -0.1) is 0 Å². The molecule has 0 spiro atoms. The third kappa shape index (κ3) is 0.672. The first-order chi connectivity index (χ1) is 8.65. The Labute approximate surface area is 104 Å². The first kappa shape index (κ1) is 10.1. The van der Waals surface area contributed by atoms with Crippen molar-refractivity contribution in [2.45, 2.75) is 18.8 Å². The van der Waals surface area contributed by atoms with Crippen molar-refractivity contribution in [2.75, 3.05) is 13.2 Å². The predicted molar refractivity (Wildman–Crippen MR) is 57.5 cm³/mol. The molecule has 8 atom stereocenters. The molecule has 4 heteroatoms. The third-order valence-corrected chi connectivity index (χ3v) is 7.03. The fourth-order valence-corrected chi connectivity index (χ4v) is 7.09. The highest BCUT2D eigenvalue weighted by molar-refractivity contribution is 5.41. The standard InChI is InChI=1S/C14H15F2NO/c15-14(16)11-8-6-4-7-9(8)10(11)13(7,12(6)14)5-18-3-1-2-17/h6-12H,1,3-5H2/t6-,7+,8-,9?,10?,11-,12+,13+/m0/s1. The lowest BCUT2D eigenvalue weighted by atomic mass is 9.34. The Balaban J connectivity index is 1.45. The van der Waals surface area contributed by atoms with Crippen LogP contribution in [-0.4, -0.2) is 19.1 Å². The molecule has 2 unspecified atom stereocenters. The Bertz CT molecular complexity index is 487. The van der Waals surface area contributed by atoms with Crippen LogP contribution in [0.5, 0.6) is 0 Å². The molecule has 0 aliphatic heterocycles. The summed E-state index contributed by atoms with van der Waals surface area (Å²) in [5.41, 5.74) is -0.187. The molecule has 6 fully saturated rings. The molecule has 2 nitrogen and oxygen atoms in total. The van der Waals surface area contributed by atoms with Gasteiger partial charge in [0.2, 0.25) is 0 Å². The van der Waals surface area contributed by atoms with E-state index in [4.69, 9.17) is 10.00 Å². The minimum absolute atomic E-state index is 0.187. The highest BCUT2D eigenvalue weighted by atomic mass is 19.3. The summed E-state index contributed by atoms with van der Waals surface area (Å²) in [5, 5.41) is 8.49. The van der Waals surface area contributed by atoms with Gasteiger partial charge >= 0.3 is 0 Å². The normalized spacial score (nSPS) is 62.6. The molecular formula is C14H15F2NO. The van der Waals surface area contributed by atoms with Gasteiger partial charge in [-0.3, -0.25) is 0 Å². The lowest BCUT2D eigenvalue weighted by Crippen LogP contribution is -2.69. The number of ether oxygens (including phenoxy) is 1. The second kappa shape index (κ2) is 2.60. The van der Waals surface area contributed by atoms with Gasteiger partial charge in [-0.25, -0.2) is 8.78 Å². The maximum Gasteiger partial charge on any atom is 0.255 e. The van der Waals surface area contributed by atoms with Gasteiger partial charge in [0, 0.05) is 17.3 Å². The van der Waals surface area contributed by atoms with Crippen LogP contribution < -0.4 is 0 Å². The Morgan fingerprint density at radius 1 is 1.28 bits per heavy atom. The molecule has 0 saturated heterocycles. The Hall–Kier alpha value is -0.690. The fourth-order valence-electron chi connectivity index (χ4n) is 7.09. The minimum Gasteiger partial charge on any atom is -0.380 e. The molecular weight excluding hydrogens is 236 g/mol. The fraction of sp³-hybridized carbons (Fsp3) is 0.929. The van der Waals surface area contributed by atoms with Crippen molar-refractivity contribution in [1.29, 1.82) is 5.26 Å². The van der Waals surface area contributed by atoms with Gasteiger partial charge in [0.1, 0.15) is 0 Å². The first-order valence-electron chi connectivity index (χ1n) is 6.98. The van der Waals surface area contributed by atoms with Crippen LogP contribution >= 0.6 is 0 Å². The summed E-state index contributed by atoms with van der Waals surface area (Å²) in [5.74, 6) is -1.06. The summed E-state index contributed by atoms with van der Waals surface area (Å²) in [7, 11) is 0. The maximum atomic E-state index is 14.3. The van der Waals surface area contributed by atoms with E-state index in [2.05, 4.69) is 0 Å². The largest absolute Gasteiger partial charge is 0.380 e. The lowest BCUT2D eigenvalue weighted by Gasteiger charge is -2.69. The topological polar surface area (TPSA) is 33.0 Å². The van der Waals surface area contributed by atoms with E-state index in [1.165, 1.54) is 0 Å². The number of halogens is 2. The van der Waals surface area contributed by atoms with E-state index >= 15 is 0 Å². The zero-order chi connectivity index (χ0) is 12.3. The number of rotatable bonds is 4. The number of nitriles is 1. The number of alkyl halides is 2. The van der Waals surface area contributed by atoms with Crippen molar-refractivity contribution in [2.24, 2.45) is 46.8 Å². The molecule has 96 valence electrons. The molecule has 0 aromatic heterocycles. The lowest BCUT2D eigenvalue weighted by molar-refractivity contribution is -0.261. The van der Waals surface area contributed by atoms with E-state index in [9.17, 15) is 8.78 Å². The Morgan fingerprint density at radius 2 is 2.11 bits per heavy atom. The Kier molecular flexibility index (Phi) is 1.47. The second-order valence-corrected chi connectivity index (χ2v) is 6.94. The molecule has 6 rings (SSSR count). The van der Waals surface area contributed by atoms with Gasteiger partial charge in [0.05, 0.1) is 25.7 Å². The summed E-state index contributed by atoms with van der Waals surface area (Å²) < 4.78 is 34.3. The molecule has 0 N–H and O–H groups in total. The monoisotopic (exact) mass is 251 g/mol. The highest BCUT2D eigenvalue weighted by Crippen LogP contribution is 2.96. The van der Waals surface area contributed by atoms with Crippen LogP contribution in [0.4, 0.5) is 8.78 Å². The van der Waals surface area contributed by atoms with E-state index in [1.54, 1.807) is 0 Å². The molecule has 4 bridgehead atoms. The zero-order valence-electron chi connectivity index (χ0n) is 9.98. The van der Waals surface area contributed by atoms with Crippen LogP contribution in [0.15, 0.2) is 0 Å². The molecule has 0 aromatic rings. The molecule has 6 aliphatic rings. The van der Waals surface area contributed by atoms with E-state index in [0.29, 0.717) is 43.3 Å². The summed E-state index contributed by atoms with van der Waals surface area (Å²) in [4.78, 5) is 0. The van der Waals surface area contributed by atoms with Gasteiger partial charge in [0.25, 0.3) is 5.92 Å². The van der Waals surface area contributed by atoms with Crippen LogP contribution in [0.2, 0.25) is 0 Å². The zero-order valence-corrected chi connectivity index (χ0v) is 9.98. The van der Waals surface area contributed by atoms with Gasteiger partial charge in [-0.2, -0.15) is 5.26 Å². The van der Waals surface area contributed by atoms with Gasteiger partial charge < -0.3 is 4.74 Å². The van der Waals surface area contributed by atoms with Crippen molar-refractivity contribution in [3.8, 4) is 6.07 Å². The molecule has 0 aromatic carbocycles. The van der Waals surface area contributed by atoms with Crippen LogP contribution in [-0.2, 0) is 4.74 Å². The van der Waals surface area contributed by atoms with Crippen LogP contribution in [0.1, 0.15) is 12.8 Å². The third-order valence-electron chi connectivity index (χ3n) is 7.03. The number of hydrogen-bond acceptors (Lipinski definition) is 2. The minimum atomic E-state index is -2.42. The SMILES string of the molecule is N#CCCOC[C@]12C3C4[C@@H]5[C@H](C[C@H]41)[C@H]2C(F)(F)[C@H]35. The van der Waals surface area contributed by atoms with Gasteiger partial charge in [-0.1, -0.05) is 0 Å². The maximum absolute atomic E-state index is 14.3.